The number of rotatable bonds is 0. The zero-order valence-corrected chi connectivity index (χ0v) is 7.21. The summed E-state index contributed by atoms with van der Waals surface area (Å²) in [4.78, 5) is 22.4. The van der Waals surface area contributed by atoms with Gasteiger partial charge >= 0.3 is 0 Å². The molecule has 0 amide bonds. The molecular formula is C10H14O2. The molecule has 2 rings (SSSR count). The van der Waals surface area contributed by atoms with Gasteiger partial charge < -0.3 is 0 Å². The molecule has 0 radical (unpaired) electrons. The fraction of sp³-hybridized carbons (Fsp3) is 0.800. The van der Waals surface area contributed by atoms with E-state index >= 15 is 0 Å². The maximum Gasteiger partial charge on any atom is 0.133 e. The van der Waals surface area contributed by atoms with Crippen LogP contribution in [0.2, 0.25) is 0 Å². The Hall–Kier alpha value is -0.660. The van der Waals surface area contributed by atoms with E-state index in [9.17, 15) is 9.59 Å². The minimum atomic E-state index is 0.372. The second-order valence-electron chi connectivity index (χ2n) is 4.20. The summed E-state index contributed by atoms with van der Waals surface area (Å²) in [7, 11) is 0. The quantitative estimate of drug-likeness (QED) is 0.549. The molecule has 0 aromatic rings. The Labute approximate surface area is 72.3 Å². The van der Waals surface area contributed by atoms with Gasteiger partial charge in [0.2, 0.25) is 0 Å². The standard InChI is InChI=1S/C10H14O2/c11-9-2-1-7-3-8(5-9)6-10(12)4-7/h7-8H,1-6H2. The van der Waals surface area contributed by atoms with Gasteiger partial charge in [-0.15, -0.1) is 0 Å². The molecule has 0 N–H and O–H groups in total. The Morgan fingerprint density at radius 3 is 2.42 bits per heavy atom. The molecule has 0 aromatic heterocycles. The van der Waals surface area contributed by atoms with Crippen LogP contribution in [0.4, 0.5) is 0 Å². The summed E-state index contributed by atoms with van der Waals surface area (Å²) in [6.45, 7) is 0. The zero-order valence-electron chi connectivity index (χ0n) is 7.21. The molecule has 12 heavy (non-hydrogen) atoms. The number of ketones is 2. The van der Waals surface area contributed by atoms with Crippen LogP contribution in [0.25, 0.3) is 0 Å². The number of Topliss-reactive ketones (excluding diaryl/α,β-unsaturated/α-hetero) is 2. The van der Waals surface area contributed by atoms with E-state index in [-0.39, 0.29) is 0 Å². The first-order valence-electron chi connectivity index (χ1n) is 4.77. The predicted molar refractivity (Wildman–Crippen MR) is 44.7 cm³/mol. The van der Waals surface area contributed by atoms with Gasteiger partial charge in [-0.25, -0.2) is 0 Å². The van der Waals surface area contributed by atoms with Gasteiger partial charge in [0.25, 0.3) is 0 Å². The average Bonchev–Trinajstić information content (AvgIpc) is 2.10. The zero-order chi connectivity index (χ0) is 8.55. The third-order valence-electron chi connectivity index (χ3n) is 3.05. The summed E-state index contributed by atoms with van der Waals surface area (Å²) in [5, 5.41) is 0. The van der Waals surface area contributed by atoms with Crippen LogP contribution >= 0.6 is 0 Å². The summed E-state index contributed by atoms with van der Waals surface area (Å²) < 4.78 is 0. The van der Waals surface area contributed by atoms with Crippen LogP contribution in [0.3, 0.4) is 0 Å². The molecule has 2 aliphatic carbocycles. The molecule has 0 saturated heterocycles. The van der Waals surface area contributed by atoms with E-state index < -0.39 is 0 Å². The van der Waals surface area contributed by atoms with Crippen LogP contribution < -0.4 is 0 Å². The summed E-state index contributed by atoms with van der Waals surface area (Å²) >= 11 is 0. The number of carbonyl (C=O) groups is 2. The maximum atomic E-state index is 11.2. The molecule has 0 aromatic carbocycles. The smallest absolute Gasteiger partial charge is 0.133 e. The molecule has 2 unspecified atom stereocenters. The van der Waals surface area contributed by atoms with Gasteiger partial charge in [0.15, 0.2) is 0 Å². The topological polar surface area (TPSA) is 34.1 Å². The molecule has 2 saturated carbocycles. The molecule has 66 valence electrons. The summed E-state index contributed by atoms with van der Waals surface area (Å²) in [5.74, 6) is 1.68. The highest BCUT2D eigenvalue weighted by atomic mass is 16.1. The van der Waals surface area contributed by atoms with Crippen LogP contribution in [0.15, 0.2) is 0 Å². The van der Waals surface area contributed by atoms with Crippen molar-refractivity contribution in [3.8, 4) is 0 Å². The first-order chi connectivity index (χ1) is 5.74. The minimum absolute atomic E-state index is 0.372. The first kappa shape index (κ1) is 7.96. The lowest BCUT2D eigenvalue weighted by molar-refractivity contribution is -0.123. The summed E-state index contributed by atoms with van der Waals surface area (Å²) in [6, 6.07) is 0. The van der Waals surface area contributed by atoms with Crippen molar-refractivity contribution < 1.29 is 9.59 Å². The van der Waals surface area contributed by atoms with Crippen LogP contribution in [0.5, 0.6) is 0 Å². The molecule has 2 atom stereocenters. The van der Waals surface area contributed by atoms with Crippen molar-refractivity contribution in [3.05, 3.63) is 0 Å². The molecule has 2 fully saturated rings. The second kappa shape index (κ2) is 3.00. The van der Waals surface area contributed by atoms with E-state index in [1.165, 1.54) is 0 Å². The molecule has 2 heteroatoms. The van der Waals surface area contributed by atoms with E-state index in [1.54, 1.807) is 0 Å². The highest BCUT2D eigenvalue weighted by Crippen LogP contribution is 2.35. The second-order valence-corrected chi connectivity index (χ2v) is 4.20. The monoisotopic (exact) mass is 166 g/mol. The first-order valence-corrected chi connectivity index (χ1v) is 4.77. The van der Waals surface area contributed by atoms with Crippen LogP contribution in [0.1, 0.15) is 38.5 Å². The molecular weight excluding hydrogens is 152 g/mol. The van der Waals surface area contributed by atoms with Crippen molar-refractivity contribution in [2.45, 2.75) is 38.5 Å². The number of carbonyl (C=O) groups excluding carboxylic acids is 2. The number of hydrogen-bond acceptors (Lipinski definition) is 2. The highest BCUT2D eigenvalue weighted by molar-refractivity contribution is 5.83. The van der Waals surface area contributed by atoms with Gasteiger partial charge in [0, 0.05) is 25.7 Å². The Kier molecular flexibility index (Phi) is 1.99. The largest absolute Gasteiger partial charge is 0.300 e. The summed E-state index contributed by atoms with van der Waals surface area (Å²) in [5.41, 5.74) is 0. The molecule has 2 aliphatic rings. The van der Waals surface area contributed by atoms with E-state index in [2.05, 4.69) is 0 Å². The third-order valence-corrected chi connectivity index (χ3v) is 3.05. The van der Waals surface area contributed by atoms with Crippen molar-refractivity contribution in [1.29, 1.82) is 0 Å². The van der Waals surface area contributed by atoms with E-state index in [1.807, 2.05) is 0 Å². The number of hydrogen-bond donors (Lipinski definition) is 0. The Bertz CT molecular complexity index is 218. The Morgan fingerprint density at radius 2 is 1.58 bits per heavy atom. The normalized spacial score (nSPS) is 36.3. The fourth-order valence-electron chi connectivity index (χ4n) is 2.53. The Morgan fingerprint density at radius 1 is 0.917 bits per heavy atom. The van der Waals surface area contributed by atoms with Crippen LogP contribution in [0, 0.1) is 11.8 Å². The van der Waals surface area contributed by atoms with Gasteiger partial charge in [0.1, 0.15) is 11.6 Å². The van der Waals surface area contributed by atoms with E-state index in [0.717, 1.165) is 19.3 Å². The third kappa shape index (κ3) is 1.57. The molecule has 0 spiro atoms. The molecule has 0 heterocycles. The van der Waals surface area contributed by atoms with Crippen molar-refractivity contribution in [2.75, 3.05) is 0 Å². The van der Waals surface area contributed by atoms with Crippen molar-refractivity contribution in [1.82, 2.24) is 0 Å². The van der Waals surface area contributed by atoms with Gasteiger partial charge in [0.05, 0.1) is 0 Å². The Balaban J connectivity index is 2.10. The maximum absolute atomic E-state index is 11.2. The van der Waals surface area contributed by atoms with Crippen molar-refractivity contribution in [2.24, 2.45) is 11.8 Å². The average molecular weight is 166 g/mol. The van der Waals surface area contributed by atoms with E-state index in [0.29, 0.717) is 42.7 Å². The lowest BCUT2D eigenvalue weighted by atomic mass is 9.80. The number of fused-ring (bicyclic) bond motifs is 2. The predicted octanol–water partition coefficient (Wildman–Crippen LogP) is 1.72. The molecule has 2 nitrogen and oxygen atoms in total. The van der Waals surface area contributed by atoms with Crippen LogP contribution in [-0.4, -0.2) is 11.6 Å². The van der Waals surface area contributed by atoms with Gasteiger partial charge in [-0.05, 0) is 24.7 Å². The van der Waals surface area contributed by atoms with Gasteiger partial charge in [-0.3, -0.25) is 9.59 Å². The lowest BCUT2D eigenvalue weighted by Gasteiger charge is -2.24. The molecule has 2 bridgehead atoms. The van der Waals surface area contributed by atoms with Gasteiger partial charge in [-0.1, -0.05) is 0 Å². The SMILES string of the molecule is O=C1CCC2CC(=O)CC(C1)C2. The lowest BCUT2D eigenvalue weighted by Crippen LogP contribution is -2.21. The van der Waals surface area contributed by atoms with Gasteiger partial charge in [-0.2, -0.15) is 0 Å². The van der Waals surface area contributed by atoms with Crippen molar-refractivity contribution >= 4 is 11.6 Å². The van der Waals surface area contributed by atoms with Crippen molar-refractivity contribution in [3.63, 3.8) is 0 Å². The minimum Gasteiger partial charge on any atom is -0.300 e. The van der Waals surface area contributed by atoms with Crippen LogP contribution in [-0.2, 0) is 9.59 Å². The fourth-order valence-corrected chi connectivity index (χ4v) is 2.53. The molecule has 0 aliphatic heterocycles. The van der Waals surface area contributed by atoms with E-state index in [4.69, 9.17) is 0 Å². The highest BCUT2D eigenvalue weighted by Gasteiger charge is 2.31. The summed E-state index contributed by atoms with van der Waals surface area (Å²) in [6.07, 6.45) is 4.88.